The number of esters is 1. The number of likely N-dealkylation sites (tertiary alicyclic amines) is 1. The molecule has 2 aromatic carbocycles. The number of hydrazone groups is 1. The lowest BCUT2D eigenvalue weighted by atomic mass is 9.94. The van der Waals surface area contributed by atoms with Crippen LogP contribution in [0.3, 0.4) is 0 Å². The van der Waals surface area contributed by atoms with Crippen LogP contribution < -0.4 is 9.47 Å². The van der Waals surface area contributed by atoms with Crippen molar-refractivity contribution in [2.24, 2.45) is 5.10 Å². The van der Waals surface area contributed by atoms with Crippen LogP contribution in [0.1, 0.15) is 60.9 Å². The zero-order valence-corrected chi connectivity index (χ0v) is 22.5. The Morgan fingerprint density at radius 2 is 1.86 bits per heavy atom. The molecule has 0 bridgehead atoms. The van der Waals surface area contributed by atoms with Crippen molar-refractivity contribution in [1.82, 2.24) is 9.91 Å². The van der Waals surface area contributed by atoms with E-state index in [0.29, 0.717) is 37.5 Å². The van der Waals surface area contributed by atoms with Gasteiger partial charge in [0.1, 0.15) is 17.5 Å². The first kappa shape index (κ1) is 26.7. The standard InChI is InChI=1S/C29H37N3O5/c1-6-37-29(34)25-9-7-8-14-31(25)18-28(33)32-26(22-13-12-21(35-4)16-27(22)36-5)17-24(30-32)23-15-19(2)10-11-20(23)3/h10-13,15-16,25-26H,6-9,14,17-18H2,1-5H3/t25-,26-/m0/s1. The van der Waals surface area contributed by atoms with Crippen LogP contribution in [-0.2, 0) is 14.3 Å². The summed E-state index contributed by atoms with van der Waals surface area (Å²) in [6, 6.07) is 11.2. The molecule has 4 rings (SSSR count). The highest BCUT2D eigenvalue weighted by Gasteiger charge is 2.38. The smallest absolute Gasteiger partial charge is 0.323 e. The predicted molar refractivity (Wildman–Crippen MR) is 142 cm³/mol. The summed E-state index contributed by atoms with van der Waals surface area (Å²) in [5.74, 6) is 0.906. The molecule has 0 radical (unpaired) electrons. The van der Waals surface area contributed by atoms with Gasteiger partial charge in [-0.15, -0.1) is 0 Å². The molecule has 198 valence electrons. The Morgan fingerprint density at radius 3 is 2.59 bits per heavy atom. The minimum atomic E-state index is -0.406. The van der Waals surface area contributed by atoms with Gasteiger partial charge in [0, 0.05) is 23.6 Å². The summed E-state index contributed by atoms with van der Waals surface area (Å²) < 4.78 is 16.4. The van der Waals surface area contributed by atoms with E-state index in [1.54, 1.807) is 26.2 Å². The molecule has 1 amide bonds. The maximum atomic E-state index is 13.8. The minimum Gasteiger partial charge on any atom is -0.497 e. The number of amides is 1. The van der Waals surface area contributed by atoms with Gasteiger partial charge in [-0.2, -0.15) is 5.10 Å². The summed E-state index contributed by atoms with van der Waals surface area (Å²) in [5.41, 5.74) is 5.00. The van der Waals surface area contributed by atoms with Crippen molar-refractivity contribution in [2.45, 2.75) is 58.5 Å². The summed E-state index contributed by atoms with van der Waals surface area (Å²) in [5, 5.41) is 6.46. The fourth-order valence-electron chi connectivity index (χ4n) is 5.22. The summed E-state index contributed by atoms with van der Waals surface area (Å²) in [7, 11) is 3.23. The molecule has 0 N–H and O–H groups in total. The van der Waals surface area contributed by atoms with E-state index in [2.05, 4.69) is 32.0 Å². The lowest BCUT2D eigenvalue weighted by Gasteiger charge is -2.34. The van der Waals surface area contributed by atoms with Crippen molar-refractivity contribution in [3.63, 3.8) is 0 Å². The second kappa shape index (κ2) is 11.8. The first-order valence-electron chi connectivity index (χ1n) is 13.0. The van der Waals surface area contributed by atoms with Crippen molar-refractivity contribution in [3.05, 3.63) is 58.7 Å². The molecule has 8 nitrogen and oxygen atoms in total. The highest BCUT2D eigenvalue weighted by Crippen LogP contribution is 2.39. The van der Waals surface area contributed by atoms with E-state index in [1.165, 1.54) is 0 Å². The van der Waals surface area contributed by atoms with Crippen LogP contribution in [0.4, 0.5) is 0 Å². The normalized spacial score (nSPS) is 19.9. The molecule has 2 aliphatic heterocycles. The number of hydrogen-bond acceptors (Lipinski definition) is 7. The Kier molecular flexibility index (Phi) is 8.48. The lowest BCUT2D eigenvalue weighted by molar-refractivity contribution is -0.152. The average Bonchev–Trinajstić information content (AvgIpc) is 3.35. The second-order valence-corrected chi connectivity index (χ2v) is 9.67. The van der Waals surface area contributed by atoms with E-state index < -0.39 is 6.04 Å². The molecule has 2 heterocycles. The zero-order chi connectivity index (χ0) is 26.5. The highest BCUT2D eigenvalue weighted by molar-refractivity contribution is 6.04. The summed E-state index contributed by atoms with van der Waals surface area (Å²) in [4.78, 5) is 28.4. The number of aryl methyl sites for hydroxylation is 2. The molecule has 1 fully saturated rings. The third-order valence-electron chi connectivity index (χ3n) is 7.18. The van der Waals surface area contributed by atoms with Gasteiger partial charge in [0.05, 0.1) is 39.1 Å². The first-order valence-corrected chi connectivity index (χ1v) is 13.0. The Labute approximate surface area is 219 Å². The summed E-state index contributed by atoms with van der Waals surface area (Å²) in [6.07, 6.45) is 3.13. The quantitative estimate of drug-likeness (QED) is 0.492. The summed E-state index contributed by atoms with van der Waals surface area (Å²) >= 11 is 0. The lowest BCUT2D eigenvalue weighted by Crippen LogP contribution is -2.49. The molecule has 1 saturated heterocycles. The van der Waals surface area contributed by atoms with E-state index in [-0.39, 0.29) is 24.5 Å². The molecule has 2 atom stereocenters. The molecule has 8 heteroatoms. The fraction of sp³-hybridized carbons (Fsp3) is 0.483. The van der Waals surface area contributed by atoms with Gasteiger partial charge in [-0.1, -0.05) is 24.1 Å². The topological polar surface area (TPSA) is 80.7 Å². The molecular weight excluding hydrogens is 470 g/mol. The van der Waals surface area contributed by atoms with Crippen molar-refractivity contribution >= 4 is 17.6 Å². The first-order chi connectivity index (χ1) is 17.9. The summed E-state index contributed by atoms with van der Waals surface area (Å²) in [6.45, 7) is 7.01. The number of benzene rings is 2. The molecule has 0 saturated carbocycles. The Bertz CT molecular complexity index is 1180. The maximum absolute atomic E-state index is 13.8. The number of carbonyl (C=O) groups excluding carboxylic acids is 2. The largest absolute Gasteiger partial charge is 0.497 e. The number of ether oxygens (including phenoxy) is 3. The number of piperidine rings is 1. The van der Waals surface area contributed by atoms with Crippen molar-refractivity contribution < 1.29 is 23.8 Å². The predicted octanol–water partition coefficient (Wildman–Crippen LogP) is 4.42. The van der Waals surface area contributed by atoms with Crippen LogP contribution in [0.5, 0.6) is 11.5 Å². The molecule has 2 aliphatic rings. The Balaban J connectivity index is 1.68. The number of hydrogen-bond donors (Lipinski definition) is 0. The molecule has 2 aromatic rings. The van der Waals surface area contributed by atoms with Crippen LogP contribution >= 0.6 is 0 Å². The van der Waals surface area contributed by atoms with Crippen LogP contribution in [0.25, 0.3) is 0 Å². The number of carbonyl (C=O) groups is 2. The van der Waals surface area contributed by atoms with Crippen LogP contribution in [0.2, 0.25) is 0 Å². The van der Waals surface area contributed by atoms with Gasteiger partial charge in [-0.3, -0.25) is 14.5 Å². The van der Waals surface area contributed by atoms with E-state index >= 15 is 0 Å². The fourth-order valence-corrected chi connectivity index (χ4v) is 5.22. The molecule has 0 spiro atoms. The number of nitrogens with zero attached hydrogens (tertiary/aromatic N) is 3. The SMILES string of the molecule is CCOC(=O)[C@@H]1CCCCN1CC(=O)N1N=C(c2cc(C)ccc2C)C[C@H]1c1ccc(OC)cc1OC. The zero-order valence-electron chi connectivity index (χ0n) is 22.5. The maximum Gasteiger partial charge on any atom is 0.323 e. The van der Waals surface area contributed by atoms with Gasteiger partial charge in [-0.05, 0) is 63.9 Å². The van der Waals surface area contributed by atoms with Gasteiger partial charge in [0.2, 0.25) is 0 Å². The average molecular weight is 508 g/mol. The third kappa shape index (κ3) is 5.80. The van der Waals surface area contributed by atoms with E-state index in [0.717, 1.165) is 40.8 Å². The Hall–Kier alpha value is -3.39. The molecule has 0 unspecified atom stereocenters. The van der Waals surface area contributed by atoms with Gasteiger partial charge in [0.25, 0.3) is 5.91 Å². The van der Waals surface area contributed by atoms with E-state index in [9.17, 15) is 9.59 Å². The third-order valence-corrected chi connectivity index (χ3v) is 7.18. The van der Waals surface area contributed by atoms with Crippen LogP contribution in [-0.4, -0.2) is 67.5 Å². The molecule has 0 aromatic heterocycles. The number of rotatable bonds is 8. The number of methoxy groups -OCH3 is 2. The second-order valence-electron chi connectivity index (χ2n) is 9.67. The molecular formula is C29H37N3O5. The van der Waals surface area contributed by atoms with Gasteiger partial charge in [-0.25, -0.2) is 5.01 Å². The van der Waals surface area contributed by atoms with E-state index in [1.807, 2.05) is 23.1 Å². The molecule has 37 heavy (non-hydrogen) atoms. The van der Waals surface area contributed by atoms with E-state index in [4.69, 9.17) is 19.3 Å². The van der Waals surface area contributed by atoms with Crippen molar-refractivity contribution in [3.8, 4) is 11.5 Å². The van der Waals surface area contributed by atoms with Gasteiger partial charge < -0.3 is 14.2 Å². The van der Waals surface area contributed by atoms with Crippen molar-refractivity contribution in [2.75, 3.05) is 33.9 Å². The Morgan fingerprint density at radius 1 is 1.05 bits per heavy atom. The van der Waals surface area contributed by atoms with Gasteiger partial charge >= 0.3 is 5.97 Å². The van der Waals surface area contributed by atoms with Crippen LogP contribution in [0.15, 0.2) is 41.5 Å². The van der Waals surface area contributed by atoms with Gasteiger partial charge in [0.15, 0.2) is 0 Å². The minimum absolute atomic E-state index is 0.0992. The van der Waals surface area contributed by atoms with Crippen LogP contribution in [0, 0.1) is 13.8 Å². The van der Waals surface area contributed by atoms with Crippen molar-refractivity contribution in [1.29, 1.82) is 0 Å². The highest BCUT2D eigenvalue weighted by atomic mass is 16.5. The monoisotopic (exact) mass is 507 g/mol. The molecule has 0 aliphatic carbocycles.